The number of aromatic nitrogens is 2. The zero-order valence-corrected chi connectivity index (χ0v) is 13.3. The molecule has 7 nitrogen and oxygen atoms in total. The minimum atomic E-state index is -0.0301. The Morgan fingerprint density at radius 2 is 1.86 bits per heavy atom. The molecule has 0 radical (unpaired) electrons. The quantitative estimate of drug-likeness (QED) is 0.811. The van der Waals surface area contributed by atoms with E-state index in [-0.39, 0.29) is 24.9 Å². The Balaban J connectivity index is 1.99. The smallest absolute Gasteiger partial charge is 0.243 e. The van der Waals surface area contributed by atoms with E-state index in [0.29, 0.717) is 13.1 Å². The first-order chi connectivity index (χ1) is 10.2. The molecule has 0 bridgehead atoms. The number of nitrogens with one attached hydrogen (secondary N) is 1. The molecule has 1 N–H and O–H groups in total. The van der Waals surface area contributed by atoms with Gasteiger partial charge in [0, 0.05) is 24.6 Å². The van der Waals surface area contributed by atoms with Crippen molar-refractivity contribution in [2.75, 3.05) is 31.5 Å². The van der Waals surface area contributed by atoms with Crippen molar-refractivity contribution in [1.29, 1.82) is 0 Å². The van der Waals surface area contributed by atoms with Crippen LogP contribution in [0.5, 0.6) is 0 Å². The topological polar surface area (TPSA) is 78.4 Å². The molecule has 0 unspecified atom stereocenters. The third-order valence-electron chi connectivity index (χ3n) is 3.28. The Labute approximate surface area is 128 Å². The Kier molecular flexibility index (Phi) is 5.49. The first-order valence-corrected chi connectivity index (χ1v) is 8.03. The van der Waals surface area contributed by atoms with Gasteiger partial charge in [-0.15, -0.1) is 5.10 Å². The van der Waals surface area contributed by atoms with Crippen molar-refractivity contribution in [1.82, 2.24) is 19.4 Å². The molecule has 2 amide bonds. The highest BCUT2D eigenvalue weighted by atomic mass is 32.1. The van der Waals surface area contributed by atoms with E-state index in [4.69, 9.17) is 0 Å². The van der Waals surface area contributed by atoms with Gasteiger partial charge in [0.2, 0.25) is 11.8 Å². The van der Waals surface area contributed by atoms with Crippen LogP contribution in [0, 0.1) is 0 Å². The van der Waals surface area contributed by atoms with Gasteiger partial charge in [0.1, 0.15) is 17.2 Å². The van der Waals surface area contributed by atoms with E-state index in [1.165, 1.54) is 11.5 Å². The standard InChI is InChI=1S/C13H21N5O2S/c1-3-5-14-13-10(15-16-21-13)7-18-9-11(19)17(6-4-2)8-12(18)20/h14H,3-9H2,1-2H3. The highest BCUT2D eigenvalue weighted by Gasteiger charge is 2.30. The molecule has 116 valence electrons. The summed E-state index contributed by atoms with van der Waals surface area (Å²) in [6, 6.07) is 0. The lowest BCUT2D eigenvalue weighted by Crippen LogP contribution is -2.53. The highest BCUT2D eigenvalue weighted by Crippen LogP contribution is 2.20. The molecule has 2 rings (SSSR count). The van der Waals surface area contributed by atoms with E-state index in [1.54, 1.807) is 9.80 Å². The van der Waals surface area contributed by atoms with Crippen LogP contribution in [0.4, 0.5) is 5.00 Å². The maximum atomic E-state index is 12.1. The number of rotatable bonds is 7. The summed E-state index contributed by atoms with van der Waals surface area (Å²) in [6.45, 7) is 6.19. The molecule has 1 aliphatic heterocycles. The molecule has 21 heavy (non-hydrogen) atoms. The van der Waals surface area contributed by atoms with Gasteiger partial charge in [0.15, 0.2) is 0 Å². The molecule has 1 aromatic rings. The SMILES string of the molecule is CCCNc1snnc1CN1CC(=O)N(CCC)CC1=O. The molecular formula is C13H21N5O2S. The van der Waals surface area contributed by atoms with Gasteiger partial charge in [-0.3, -0.25) is 9.59 Å². The average molecular weight is 311 g/mol. The van der Waals surface area contributed by atoms with Crippen molar-refractivity contribution in [2.24, 2.45) is 0 Å². The molecule has 1 fully saturated rings. The van der Waals surface area contributed by atoms with E-state index in [9.17, 15) is 9.59 Å². The van der Waals surface area contributed by atoms with Crippen LogP contribution in [0.1, 0.15) is 32.4 Å². The van der Waals surface area contributed by atoms with E-state index in [1.807, 2.05) is 6.92 Å². The minimum Gasteiger partial charge on any atom is -0.374 e. The van der Waals surface area contributed by atoms with Crippen molar-refractivity contribution < 1.29 is 9.59 Å². The first-order valence-electron chi connectivity index (χ1n) is 7.26. The Morgan fingerprint density at radius 3 is 2.57 bits per heavy atom. The van der Waals surface area contributed by atoms with Gasteiger partial charge >= 0.3 is 0 Å². The molecule has 0 spiro atoms. The van der Waals surface area contributed by atoms with Crippen LogP contribution in [0.15, 0.2) is 0 Å². The summed E-state index contributed by atoms with van der Waals surface area (Å²) in [5.41, 5.74) is 0.735. The van der Waals surface area contributed by atoms with Crippen molar-refractivity contribution in [3.05, 3.63) is 5.69 Å². The van der Waals surface area contributed by atoms with E-state index in [2.05, 4.69) is 21.8 Å². The lowest BCUT2D eigenvalue weighted by Gasteiger charge is -2.33. The Hall–Kier alpha value is -1.70. The number of nitrogens with zero attached hydrogens (tertiary/aromatic N) is 4. The van der Waals surface area contributed by atoms with Gasteiger partial charge in [-0.25, -0.2) is 0 Å². The predicted octanol–water partition coefficient (Wildman–Crippen LogP) is 0.941. The highest BCUT2D eigenvalue weighted by molar-refractivity contribution is 7.10. The summed E-state index contributed by atoms with van der Waals surface area (Å²) in [6.07, 6.45) is 1.87. The van der Waals surface area contributed by atoms with Gasteiger partial charge in [-0.05, 0) is 12.8 Å². The molecule has 8 heteroatoms. The number of carbonyl (C=O) groups is 2. The molecule has 1 saturated heterocycles. The van der Waals surface area contributed by atoms with Crippen molar-refractivity contribution in [3.63, 3.8) is 0 Å². The first kappa shape index (κ1) is 15.7. The fraction of sp³-hybridized carbons (Fsp3) is 0.692. The maximum Gasteiger partial charge on any atom is 0.243 e. The third kappa shape index (κ3) is 3.90. The number of piperazine rings is 1. The second kappa shape index (κ2) is 7.35. The molecule has 0 aliphatic carbocycles. The van der Waals surface area contributed by atoms with E-state index < -0.39 is 0 Å². The summed E-state index contributed by atoms with van der Waals surface area (Å²) in [7, 11) is 0. The van der Waals surface area contributed by atoms with Crippen LogP contribution in [0.2, 0.25) is 0 Å². The molecule has 1 aliphatic rings. The fourth-order valence-corrected chi connectivity index (χ4v) is 2.78. The van der Waals surface area contributed by atoms with E-state index in [0.717, 1.165) is 30.1 Å². The van der Waals surface area contributed by atoms with Gasteiger partial charge in [-0.2, -0.15) is 0 Å². The molecule has 0 atom stereocenters. The van der Waals surface area contributed by atoms with Gasteiger partial charge in [0.05, 0.1) is 13.1 Å². The summed E-state index contributed by atoms with van der Waals surface area (Å²) in [5, 5.41) is 8.20. The van der Waals surface area contributed by atoms with Gasteiger partial charge in [0.25, 0.3) is 0 Å². The normalized spacial score (nSPS) is 15.7. The zero-order chi connectivity index (χ0) is 15.2. The monoisotopic (exact) mass is 311 g/mol. The number of anilines is 1. The lowest BCUT2D eigenvalue weighted by molar-refractivity contribution is -0.150. The van der Waals surface area contributed by atoms with Crippen molar-refractivity contribution in [3.8, 4) is 0 Å². The zero-order valence-electron chi connectivity index (χ0n) is 12.5. The van der Waals surface area contributed by atoms with Crippen LogP contribution < -0.4 is 5.32 Å². The van der Waals surface area contributed by atoms with Gasteiger partial charge < -0.3 is 15.1 Å². The second-order valence-electron chi connectivity index (χ2n) is 5.04. The van der Waals surface area contributed by atoms with Crippen LogP contribution in [-0.4, -0.2) is 57.4 Å². The molecule has 2 heterocycles. The minimum absolute atomic E-state index is 0.00251. The van der Waals surface area contributed by atoms with Crippen LogP contribution >= 0.6 is 11.5 Å². The van der Waals surface area contributed by atoms with E-state index >= 15 is 0 Å². The Bertz CT molecular complexity index is 505. The molecular weight excluding hydrogens is 290 g/mol. The van der Waals surface area contributed by atoms with Crippen LogP contribution in [0.3, 0.4) is 0 Å². The molecule has 1 aromatic heterocycles. The number of hydrogen-bond donors (Lipinski definition) is 1. The van der Waals surface area contributed by atoms with Crippen molar-refractivity contribution in [2.45, 2.75) is 33.2 Å². The lowest BCUT2D eigenvalue weighted by atomic mass is 10.2. The summed E-state index contributed by atoms with van der Waals surface area (Å²) >= 11 is 1.28. The summed E-state index contributed by atoms with van der Waals surface area (Å²) in [5.74, 6) is -0.0276. The third-order valence-corrected chi connectivity index (χ3v) is 4.01. The largest absolute Gasteiger partial charge is 0.374 e. The van der Waals surface area contributed by atoms with Crippen LogP contribution in [0.25, 0.3) is 0 Å². The predicted molar refractivity (Wildman–Crippen MR) is 81.0 cm³/mol. The van der Waals surface area contributed by atoms with Crippen LogP contribution in [-0.2, 0) is 16.1 Å². The summed E-state index contributed by atoms with van der Waals surface area (Å²) in [4.78, 5) is 27.3. The number of hydrogen-bond acceptors (Lipinski definition) is 6. The summed E-state index contributed by atoms with van der Waals surface area (Å²) < 4.78 is 3.92. The maximum absolute atomic E-state index is 12.1. The second-order valence-corrected chi connectivity index (χ2v) is 5.79. The van der Waals surface area contributed by atoms with Gasteiger partial charge in [-0.1, -0.05) is 18.3 Å². The molecule has 0 saturated carbocycles. The number of carbonyl (C=O) groups excluding carboxylic acids is 2. The average Bonchev–Trinajstić information content (AvgIpc) is 2.89. The fourth-order valence-electron chi connectivity index (χ4n) is 2.19. The number of amides is 2. The Morgan fingerprint density at radius 1 is 1.14 bits per heavy atom. The van der Waals surface area contributed by atoms with Crippen molar-refractivity contribution >= 4 is 28.3 Å². The molecule has 0 aromatic carbocycles.